The summed E-state index contributed by atoms with van der Waals surface area (Å²) < 4.78 is 18.8. The van der Waals surface area contributed by atoms with Crippen molar-refractivity contribution >= 4 is 33.6 Å². The Labute approximate surface area is 157 Å². The molecule has 1 aliphatic heterocycles. The summed E-state index contributed by atoms with van der Waals surface area (Å²) in [6, 6.07) is 8.08. The summed E-state index contributed by atoms with van der Waals surface area (Å²) in [7, 11) is 1.48. The summed E-state index contributed by atoms with van der Waals surface area (Å²) in [5.41, 5.74) is 0.664. The number of methoxy groups -OCH3 is 1. The monoisotopic (exact) mass is 419 g/mol. The molecule has 0 bridgehead atoms. The highest BCUT2D eigenvalue weighted by Gasteiger charge is 2.29. The second-order valence-electron chi connectivity index (χ2n) is 5.57. The standard InChI is InChI=1S/C18H15BrFN3O3/c1-26-16-7-6-14(19)17(21-16)22-18(25)23-9-8-13(24)10-15(23)11-2-4-12(20)5-3-11/h2-9,15H,10H2,1H3,(H,21,22,25)/t15-/m0/s1. The molecule has 6 nitrogen and oxygen atoms in total. The molecule has 2 heterocycles. The molecule has 0 radical (unpaired) electrons. The highest BCUT2D eigenvalue weighted by molar-refractivity contribution is 9.10. The van der Waals surface area contributed by atoms with Gasteiger partial charge >= 0.3 is 6.03 Å². The Bertz CT molecular complexity index is 870. The Kier molecular flexibility index (Phi) is 5.32. The molecule has 1 aromatic heterocycles. The molecule has 1 atom stereocenters. The van der Waals surface area contributed by atoms with Gasteiger partial charge in [-0.25, -0.2) is 9.18 Å². The van der Waals surface area contributed by atoms with Gasteiger partial charge in [-0.05, 0) is 45.8 Å². The molecule has 26 heavy (non-hydrogen) atoms. The first kappa shape index (κ1) is 18.1. The Hall–Kier alpha value is -2.74. The summed E-state index contributed by atoms with van der Waals surface area (Å²) in [5.74, 6) is 0.149. The molecule has 0 saturated heterocycles. The van der Waals surface area contributed by atoms with Crippen LogP contribution >= 0.6 is 15.9 Å². The first-order chi connectivity index (χ1) is 12.5. The van der Waals surface area contributed by atoms with Crippen LogP contribution in [0.2, 0.25) is 0 Å². The maximum Gasteiger partial charge on any atom is 0.327 e. The predicted octanol–water partition coefficient (Wildman–Crippen LogP) is 4.05. The third-order valence-electron chi connectivity index (χ3n) is 3.90. The van der Waals surface area contributed by atoms with Crippen LogP contribution in [0.4, 0.5) is 15.0 Å². The lowest BCUT2D eigenvalue weighted by Crippen LogP contribution is -2.37. The summed E-state index contributed by atoms with van der Waals surface area (Å²) in [5, 5.41) is 2.69. The number of nitrogens with zero attached hydrogens (tertiary/aromatic N) is 2. The van der Waals surface area contributed by atoms with Crippen molar-refractivity contribution in [1.82, 2.24) is 9.88 Å². The lowest BCUT2D eigenvalue weighted by atomic mass is 9.97. The van der Waals surface area contributed by atoms with Gasteiger partial charge in [0.05, 0.1) is 17.6 Å². The van der Waals surface area contributed by atoms with Gasteiger partial charge in [0.25, 0.3) is 0 Å². The minimum absolute atomic E-state index is 0.107. The molecule has 0 spiro atoms. The number of hydrogen-bond donors (Lipinski definition) is 1. The predicted molar refractivity (Wildman–Crippen MR) is 97.3 cm³/mol. The smallest absolute Gasteiger partial charge is 0.327 e. The number of ketones is 1. The van der Waals surface area contributed by atoms with E-state index in [9.17, 15) is 14.0 Å². The molecular formula is C18H15BrFN3O3. The first-order valence-corrected chi connectivity index (χ1v) is 8.53. The number of anilines is 1. The normalized spacial score (nSPS) is 16.5. The SMILES string of the molecule is COc1ccc(Br)c(NC(=O)N2C=CC(=O)C[C@H]2c2ccc(F)cc2)n1. The molecule has 1 aliphatic rings. The fraction of sp³-hybridized carbons (Fsp3) is 0.167. The van der Waals surface area contributed by atoms with Gasteiger partial charge in [-0.2, -0.15) is 4.98 Å². The zero-order valence-electron chi connectivity index (χ0n) is 13.8. The van der Waals surface area contributed by atoms with Gasteiger partial charge in [0.15, 0.2) is 11.6 Å². The Morgan fingerprint density at radius 1 is 1.31 bits per heavy atom. The van der Waals surface area contributed by atoms with Crippen molar-refractivity contribution in [3.8, 4) is 5.88 Å². The van der Waals surface area contributed by atoms with Gasteiger partial charge < -0.3 is 4.74 Å². The number of urea groups is 1. The summed E-state index contributed by atoms with van der Waals surface area (Å²) in [6.45, 7) is 0. The second-order valence-corrected chi connectivity index (χ2v) is 6.43. The zero-order chi connectivity index (χ0) is 18.7. The van der Waals surface area contributed by atoms with Crippen molar-refractivity contribution in [2.45, 2.75) is 12.5 Å². The number of allylic oxidation sites excluding steroid dienone is 1. The van der Waals surface area contributed by atoms with Crippen LogP contribution in [0.3, 0.4) is 0 Å². The largest absolute Gasteiger partial charge is 0.481 e. The fourth-order valence-electron chi connectivity index (χ4n) is 2.59. The van der Waals surface area contributed by atoms with E-state index in [-0.39, 0.29) is 23.8 Å². The number of pyridine rings is 1. The van der Waals surface area contributed by atoms with E-state index in [2.05, 4.69) is 26.2 Å². The number of amides is 2. The molecule has 2 aromatic rings. The van der Waals surface area contributed by atoms with Gasteiger partial charge in [0, 0.05) is 18.7 Å². The van der Waals surface area contributed by atoms with Crippen LogP contribution in [0.5, 0.6) is 5.88 Å². The molecule has 2 amide bonds. The lowest BCUT2D eigenvalue weighted by molar-refractivity contribution is -0.116. The van der Waals surface area contributed by atoms with Crippen LogP contribution < -0.4 is 10.1 Å². The maximum absolute atomic E-state index is 13.2. The number of carbonyl (C=O) groups excluding carboxylic acids is 2. The van der Waals surface area contributed by atoms with Crippen LogP contribution in [-0.4, -0.2) is 28.8 Å². The highest BCUT2D eigenvalue weighted by Crippen LogP contribution is 2.30. The number of carbonyl (C=O) groups is 2. The number of nitrogens with one attached hydrogen (secondary N) is 1. The van der Waals surface area contributed by atoms with Crippen LogP contribution in [0.1, 0.15) is 18.0 Å². The van der Waals surface area contributed by atoms with Crippen LogP contribution in [0.15, 0.2) is 53.1 Å². The van der Waals surface area contributed by atoms with Gasteiger partial charge in [-0.3, -0.25) is 15.0 Å². The molecule has 134 valence electrons. The van der Waals surface area contributed by atoms with Crippen molar-refractivity contribution in [2.75, 3.05) is 12.4 Å². The molecule has 8 heteroatoms. The third kappa shape index (κ3) is 3.91. The van der Waals surface area contributed by atoms with Crippen molar-refractivity contribution in [2.24, 2.45) is 0 Å². The van der Waals surface area contributed by atoms with Crippen LogP contribution in [-0.2, 0) is 4.79 Å². The van der Waals surface area contributed by atoms with E-state index in [4.69, 9.17) is 4.74 Å². The van der Waals surface area contributed by atoms with Crippen molar-refractivity contribution < 1.29 is 18.7 Å². The van der Waals surface area contributed by atoms with Gasteiger partial charge in [-0.15, -0.1) is 0 Å². The number of rotatable bonds is 3. The van der Waals surface area contributed by atoms with E-state index in [1.807, 2.05) is 0 Å². The van der Waals surface area contributed by atoms with Gasteiger partial charge in [-0.1, -0.05) is 12.1 Å². The average molecular weight is 420 g/mol. The number of benzene rings is 1. The topological polar surface area (TPSA) is 71.5 Å². The van der Waals surface area contributed by atoms with E-state index < -0.39 is 12.1 Å². The van der Waals surface area contributed by atoms with E-state index in [0.717, 1.165) is 0 Å². The molecule has 0 fully saturated rings. The van der Waals surface area contributed by atoms with Crippen molar-refractivity contribution in [3.05, 3.63) is 64.5 Å². The maximum atomic E-state index is 13.2. The summed E-state index contributed by atoms with van der Waals surface area (Å²) >= 11 is 3.32. The number of halogens is 2. The van der Waals surface area contributed by atoms with Crippen molar-refractivity contribution in [3.63, 3.8) is 0 Å². The van der Waals surface area contributed by atoms with Gasteiger partial charge in [0.2, 0.25) is 5.88 Å². The number of aromatic nitrogens is 1. The Morgan fingerprint density at radius 2 is 2.04 bits per heavy atom. The summed E-state index contributed by atoms with van der Waals surface area (Å²) in [6.07, 6.45) is 2.87. The first-order valence-electron chi connectivity index (χ1n) is 7.74. The fourth-order valence-corrected chi connectivity index (χ4v) is 2.91. The van der Waals surface area contributed by atoms with Crippen molar-refractivity contribution in [1.29, 1.82) is 0 Å². The molecule has 0 unspecified atom stereocenters. The van der Waals surface area contributed by atoms with Crippen LogP contribution in [0, 0.1) is 5.82 Å². The van der Waals surface area contributed by atoms with Crippen LogP contribution in [0.25, 0.3) is 0 Å². The van der Waals surface area contributed by atoms with E-state index in [1.165, 1.54) is 36.4 Å². The molecule has 1 aromatic carbocycles. The highest BCUT2D eigenvalue weighted by atomic mass is 79.9. The molecular weight excluding hydrogens is 405 g/mol. The number of ether oxygens (including phenoxy) is 1. The zero-order valence-corrected chi connectivity index (χ0v) is 15.4. The minimum atomic E-state index is -0.530. The molecule has 0 aliphatic carbocycles. The quantitative estimate of drug-likeness (QED) is 0.814. The summed E-state index contributed by atoms with van der Waals surface area (Å²) in [4.78, 5) is 30.1. The third-order valence-corrected chi connectivity index (χ3v) is 4.54. The lowest BCUT2D eigenvalue weighted by Gasteiger charge is -2.31. The Balaban J connectivity index is 1.87. The van der Waals surface area contributed by atoms with E-state index >= 15 is 0 Å². The molecule has 1 N–H and O–H groups in total. The van der Waals surface area contributed by atoms with E-state index in [0.29, 0.717) is 15.9 Å². The number of hydrogen-bond acceptors (Lipinski definition) is 4. The second kappa shape index (κ2) is 7.65. The average Bonchev–Trinajstić information content (AvgIpc) is 2.64. The molecule has 3 rings (SSSR count). The Morgan fingerprint density at radius 3 is 2.73 bits per heavy atom. The molecule has 0 saturated carbocycles. The van der Waals surface area contributed by atoms with Gasteiger partial charge in [0.1, 0.15) is 5.82 Å². The van der Waals surface area contributed by atoms with E-state index in [1.54, 1.807) is 24.3 Å². The minimum Gasteiger partial charge on any atom is -0.481 e.